The van der Waals surface area contributed by atoms with E-state index in [2.05, 4.69) is 5.32 Å². The van der Waals surface area contributed by atoms with E-state index in [1.807, 2.05) is 6.92 Å². The maximum Gasteiger partial charge on any atom is 0.253 e. The molecule has 1 atom stereocenters. The van der Waals surface area contributed by atoms with Crippen LogP contribution in [-0.2, 0) is 9.53 Å². The van der Waals surface area contributed by atoms with Crippen LogP contribution in [0, 0.1) is 0 Å². The van der Waals surface area contributed by atoms with Gasteiger partial charge in [0, 0.05) is 5.69 Å². The quantitative estimate of drug-likeness (QED) is 0.791. The summed E-state index contributed by atoms with van der Waals surface area (Å²) in [4.78, 5) is 12.4. The van der Waals surface area contributed by atoms with Gasteiger partial charge in [-0.1, -0.05) is 26.2 Å². The second-order valence-electron chi connectivity index (χ2n) is 5.74. The van der Waals surface area contributed by atoms with Crippen molar-refractivity contribution in [3.8, 4) is 5.75 Å². The highest BCUT2D eigenvalue weighted by Crippen LogP contribution is 2.26. The molecule has 0 aliphatic heterocycles. The Morgan fingerprint density at radius 1 is 1.36 bits per heavy atom. The number of hydrogen-bond donors (Lipinski definition) is 2. The third-order valence-electron chi connectivity index (χ3n) is 4.07. The minimum Gasteiger partial charge on any atom is -0.495 e. The number of nitrogens with one attached hydrogen (secondary N) is 1. The standard InChI is InChI=1S/C17H26N2O3/c1-3-15(22-13-7-5-4-6-8-13)17(20)19-12-9-10-16(21-2)14(18)11-12/h9-11,13,15H,3-8,18H2,1-2H3,(H,19,20). The van der Waals surface area contributed by atoms with E-state index in [9.17, 15) is 4.79 Å². The lowest BCUT2D eigenvalue weighted by Gasteiger charge is -2.26. The minimum atomic E-state index is -0.411. The molecule has 0 heterocycles. The van der Waals surface area contributed by atoms with E-state index in [0.717, 1.165) is 12.8 Å². The molecule has 0 bridgehead atoms. The molecule has 3 N–H and O–H groups in total. The van der Waals surface area contributed by atoms with Gasteiger partial charge in [0.15, 0.2) is 0 Å². The van der Waals surface area contributed by atoms with Crippen molar-refractivity contribution in [3.05, 3.63) is 18.2 Å². The van der Waals surface area contributed by atoms with Gasteiger partial charge in [0.2, 0.25) is 0 Å². The van der Waals surface area contributed by atoms with Gasteiger partial charge in [0.25, 0.3) is 5.91 Å². The lowest BCUT2D eigenvalue weighted by atomic mass is 9.97. The Morgan fingerprint density at radius 2 is 2.09 bits per heavy atom. The van der Waals surface area contributed by atoms with Gasteiger partial charge >= 0.3 is 0 Å². The van der Waals surface area contributed by atoms with Crippen molar-refractivity contribution in [2.24, 2.45) is 0 Å². The van der Waals surface area contributed by atoms with Gasteiger partial charge in [0.05, 0.1) is 18.9 Å². The number of benzene rings is 1. The van der Waals surface area contributed by atoms with Crippen LogP contribution in [0.25, 0.3) is 0 Å². The van der Waals surface area contributed by atoms with Crippen molar-refractivity contribution >= 4 is 17.3 Å². The number of nitrogens with two attached hydrogens (primary N) is 1. The molecule has 1 aliphatic rings. The Kier molecular flexibility index (Phi) is 6.07. The molecule has 0 saturated heterocycles. The first-order valence-corrected chi connectivity index (χ1v) is 8.04. The zero-order valence-corrected chi connectivity index (χ0v) is 13.4. The average molecular weight is 306 g/mol. The molecule has 122 valence electrons. The summed E-state index contributed by atoms with van der Waals surface area (Å²) in [5.41, 5.74) is 7.02. The van der Waals surface area contributed by atoms with Gasteiger partial charge in [-0.3, -0.25) is 4.79 Å². The van der Waals surface area contributed by atoms with Crippen LogP contribution in [0.4, 0.5) is 11.4 Å². The van der Waals surface area contributed by atoms with Crippen LogP contribution in [0.5, 0.6) is 5.75 Å². The summed E-state index contributed by atoms with van der Waals surface area (Å²) in [5.74, 6) is 0.487. The molecular formula is C17H26N2O3. The van der Waals surface area contributed by atoms with Crippen LogP contribution in [-0.4, -0.2) is 25.2 Å². The average Bonchev–Trinajstić information content (AvgIpc) is 2.53. The van der Waals surface area contributed by atoms with Crippen molar-refractivity contribution in [2.45, 2.75) is 57.7 Å². The van der Waals surface area contributed by atoms with Crippen LogP contribution < -0.4 is 15.8 Å². The second-order valence-corrected chi connectivity index (χ2v) is 5.74. The van der Waals surface area contributed by atoms with Gasteiger partial charge in [-0.05, 0) is 37.5 Å². The maximum atomic E-state index is 12.4. The van der Waals surface area contributed by atoms with Crippen molar-refractivity contribution in [2.75, 3.05) is 18.2 Å². The van der Waals surface area contributed by atoms with Crippen LogP contribution in [0.15, 0.2) is 18.2 Å². The molecule has 1 unspecified atom stereocenters. The topological polar surface area (TPSA) is 73.6 Å². The van der Waals surface area contributed by atoms with Gasteiger partial charge in [0.1, 0.15) is 11.9 Å². The Morgan fingerprint density at radius 3 is 2.68 bits per heavy atom. The number of hydrogen-bond acceptors (Lipinski definition) is 4. The Hall–Kier alpha value is -1.75. The van der Waals surface area contributed by atoms with Crippen molar-refractivity contribution in [1.82, 2.24) is 0 Å². The summed E-state index contributed by atoms with van der Waals surface area (Å²) in [5, 5.41) is 2.88. The SMILES string of the molecule is CCC(OC1CCCCC1)C(=O)Nc1ccc(OC)c(N)c1. The fraction of sp³-hybridized carbons (Fsp3) is 0.588. The zero-order chi connectivity index (χ0) is 15.9. The Bertz CT molecular complexity index is 499. The molecule has 0 radical (unpaired) electrons. The van der Waals surface area contributed by atoms with E-state index in [-0.39, 0.29) is 12.0 Å². The highest BCUT2D eigenvalue weighted by Gasteiger charge is 2.23. The summed E-state index contributed by atoms with van der Waals surface area (Å²) < 4.78 is 11.1. The highest BCUT2D eigenvalue weighted by molar-refractivity contribution is 5.94. The third-order valence-corrected chi connectivity index (χ3v) is 4.07. The molecule has 22 heavy (non-hydrogen) atoms. The van der Waals surface area contributed by atoms with Crippen molar-refractivity contribution in [3.63, 3.8) is 0 Å². The Labute approximate surface area is 132 Å². The fourth-order valence-corrected chi connectivity index (χ4v) is 2.81. The second kappa shape index (κ2) is 8.03. The molecular weight excluding hydrogens is 280 g/mol. The first-order chi connectivity index (χ1) is 10.6. The summed E-state index contributed by atoms with van der Waals surface area (Å²) in [6.45, 7) is 1.97. The first kappa shape index (κ1) is 16.6. The molecule has 2 rings (SSSR count). The largest absolute Gasteiger partial charge is 0.495 e. The van der Waals surface area contributed by atoms with E-state index in [1.54, 1.807) is 25.3 Å². The lowest BCUT2D eigenvalue weighted by molar-refractivity contribution is -0.132. The molecule has 1 amide bonds. The van der Waals surface area contributed by atoms with E-state index in [4.69, 9.17) is 15.2 Å². The molecule has 1 saturated carbocycles. The molecule has 1 aromatic rings. The van der Waals surface area contributed by atoms with Crippen LogP contribution in [0.2, 0.25) is 0 Å². The summed E-state index contributed by atoms with van der Waals surface area (Å²) >= 11 is 0. The molecule has 5 nitrogen and oxygen atoms in total. The molecule has 1 aromatic carbocycles. The molecule has 1 aliphatic carbocycles. The number of carbonyl (C=O) groups is 1. The number of nitrogen functional groups attached to an aromatic ring is 1. The molecule has 1 fully saturated rings. The normalized spacial score (nSPS) is 17.0. The minimum absolute atomic E-state index is 0.113. The molecule has 0 aromatic heterocycles. The highest BCUT2D eigenvalue weighted by atomic mass is 16.5. The van der Waals surface area contributed by atoms with Gasteiger partial charge in [-0.15, -0.1) is 0 Å². The van der Waals surface area contributed by atoms with E-state index in [1.165, 1.54) is 19.3 Å². The first-order valence-electron chi connectivity index (χ1n) is 8.04. The number of carbonyl (C=O) groups excluding carboxylic acids is 1. The smallest absolute Gasteiger partial charge is 0.253 e. The summed E-state index contributed by atoms with van der Waals surface area (Å²) in [7, 11) is 1.56. The lowest BCUT2D eigenvalue weighted by Crippen LogP contribution is -2.34. The predicted molar refractivity (Wildman–Crippen MR) is 88.1 cm³/mol. The monoisotopic (exact) mass is 306 g/mol. The zero-order valence-electron chi connectivity index (χ0n) is 13.4. The number of ether oxygens (including phenoxy) is 2. The van der Waals surface area contributed by atoms with E-state index >= 15 is 0 Å². The molecule has 5 heteroatoms. The predicted octanol–water partition coefficient (Wildman–Crippen LogP) is 3.34. The third kappa shape index (κ3) is 4.37. The maximum absolute atomic E-state index is 12.4. The van der Waals surface area contributed by atoms with E-state index < -0.39 is 6.10 Å². The van der Waals surface area contributed by atoms with Gasteiger partial charge in [-0.25, -0.2) is 0 Å². The summed E-state index contributed by atoms with van der Waals surface area (Å²) in [6, 6.07) is 5.22. The number of rotatable bonds is 6. The number of amides is 1. The van der Waals surface area contributed by atoms with Crippen LogP contribution in [0.3, 0.4) is 0 Å². The van der Waals surface area contributed by atoms with Crippen molar-refractivity contribution < 1.29 is 14.3 Å². The van der Waals surface area contributed by atoms with Gasteiger partial charge in [-0.2, -0.15) is 0 Å². The van der Waals surface area contributed by atoms with Crippen LogP contribution in [0.1, 0.15) is 45.4 Å². The molecule has 0 spiro atoms. The summed E-state index contributed by atoms with van der Waals surface area (Å²) in [6.07, 6.45) is 6.23. The van der Waals surface area contributed by atoms with Gasteiger partial charge < -0.3 is 20.5 Å². The number of anilines is 2. The van der Waals surface area contributed by atoms with E-state index in [0.29, 0.717) is 23.5 Å². The van der Waals surface area contributed by atoms with Crippen LogP contribution >= 0.6 is 0 Å². The Balaban J connectivity index is 1.94. The number of methoxy groups -OCH3 is 1. The fourth-order valence-electron chi connectivity index (χ4n) is 2.81. The van der Waals surface area contributed by atoms with Crippen molar-refractivity contribution in [1.29, 1.82) is 0 Å².